The summed E-state index contributed by atoms with van der Waals surface area (Å²) in [4.78, 5) is 29.1. The number of likely N-dealkylation sites (N-methyl/N-ethyl adjacent to an activating group) is 1. The van der Waals surface area contributed by atoms with Crippen LogP contribution in [0.5, 0.6) is 0 Å². The molecule has 0 heterocycles. The first-order chi connectivity index (χ1) is 16.0. The van der Waals surface area contributed by atoms with Crippen LogP contribution in [0.2, 0.25) is 5.02 Å². The Morgan fingerprint density at radius 1 is 0.939 bits per heavy atom. The third kappa shape index (κ3) is 7.65. The second-order valence-corrected chi connectivity index (χ2v) is 9.48. The lowest BCUT2D eigenvalue weighted by atomic mass is 10.0. The molecule has 1 N–H and O–H groups in total. The van der Waals surface area contributed by atoms with Gasteiger partial charge in [0.1, 0.15) is 6.04 Å². The summed E-state index contributed by atoms with van der Waals surface area (Å²) in [6.07, 6.45) is 0.791. The van der Waals surface area contributed by atoms with Gasteiger partial charge in [-0.3, -0.25) is 9.59 Å². The number of rotatable bonds is 10. The molecule has 0 aliphatic carbocycles. The Morgan fingerprint density at radius 3 is 2.24 bits per heavy atom. The maximum absolute atomic E-state index is 13.4. The van der Waals surface area contributed by atoms with E-state index in [0.717, 1.165) is 16.0 Å². The quantitative estimate of drug-likeness (QED) is 0.389. The van der Waals surface area contributed by atoms with Crippen LogP contribution in [0.1, 0.15) is 23.1 Å². The van der Waals surface area contributed by atoms with E-state index in [9.17, 15) is 9.59 Å². The smallest absolute Gasteiger partial charge is 0.242 e. The summed E-state index contributed by atoms with van der Waals surface area (Å²) in [7, 11) is 1.61. The summed E-state index contributed by atoms with van der Waals surface area (Å²) in [6.45, 7) is 2.40. The van der Waals surface area contributed by atoms with E-state index in [4.69, 9.17) is 11.6 Å². The van der Waals surface area contributed by atoms with Gasteiger partial charge in [0.2, 0.25) is 11.8 Å². The molecule has 0 radical (unpaired) electrons. The van der Waals surface area contributed by atoms with Crippen molar-refractivity contribution >= 4 is 35.2 Å². The van der Waals surface area contributed by atoms with E-state index in [1.54, 1.807) is 35.8 Å². The second kappa shape index (κ2) is 12.5. The number of thioether (sulfide) groups is 1. The number of carbonyl (C=O) groups is 2. The van der Waals surface area contributed by atoms with Crippen molar-refractivity contribution in [2.24, 2.45) is 0 Å². The predicted octanol–water partition coefficient (Wildman–Crippen LogP) is 5.52. The molecule has 33 heavy (non-hydrogen) atoms. The molecule has 2 amide bonds. The van der Waals surface area contributed by atoms with Gasteiger partial charge < -0.3 is 10.2 Å². The molecule has 0 spiro atoms. The lowest BCUT2D eigenvalue weighted by molar-refractivity contribution is -0.140. The van der Waals surface area contributed by atoms with E-state index >= 15 is 0 Å². The van der Waals surface area contributed by atoms with E-state index in [-0.39, 0.29) is 11.8 Å². The highest BCUT2D eigenvalue weighted by atomic mass is 35.5. The normalized spacial score (nSPS) is 11.6. The Kier molecular flexibility index (Phi) is 9.40. The first-order valence-corrected chi connectivity index (χ1v) is 12.3. The zero-order chi connectivity index (χ0) is 23.6. The number of hydrogen-bond donors (Lipinski definition) is 1. The molecule has 1 atom stereocenters. The topological polar surface area (TPSA) is 49.4 Å². The Bertz CT molecular complexity index is 1040. The molecule has 6 heteroatoms. The molecule has 0 fully saturated rings. The maximum atomic E-state index is 13.4. The molecular formula is C27H29ClN2O2S. The van der Waals surface area contributed by atoms with Crippen LogP contribution < -0.4 is 5.32 Å². The highest BCUT2D eigenvalue weighted by molar-refractivity contribution is 7.99. The van der Waals surface area contributed by atoms with E-state index < -0.39 is 6.04 Å². The van der Waals surface area contributed by atoms with E-state index in [2.05, 4.69) is 36.5 Å². The molecule has 1 unspecified atom stereocenters. The van der Waals surface area contributed by atoms with E-state index in [0.29, 0.717) is 30.2 Å². The van der Waals surface area contributed by atoms with Crippen LogP contribution in [0, 0.1) is 6.92 Å². The van der Waals surface area contributed by atoms with E-state index in [1.165, 1.54) is 5.56 Å². The van der Waals surface area contributed by atoms with Crippen molar-refractivity contribution in [1.82, 2.24) is 10.2 Å². The molecule has 0 saturated carbocycles. The number of carbonyl (C=O) groups excluding carboxylic acids is 2. The average molecular weight is 481 g/mol. The monoisotopic (exact) mass is 480 g/mol. The summed E-state index contributed by atoms with van der Waals surface area (Å²) < 4.78 is 0. The number of halogens is 1. The lowest BCUT2D eigenvalue weighted by Crippen LogP contribution is -2.49. The number of amides is 2. The minimum Gasteiger partial charge on any atom is -0.357 e. The average Bonchev–Trinajstić information content (AvgIpc) is 2.83. The third-order valence-electron chi connectivity index (χ3n) is 5.39. The zero-order valence-electron chi connectivity index (χ0n) is 19.0. The molecular weight excluding hydrogens is 452 g/mol. The summed E-state index contributed by atoms with van der Waals surface area (Å²) >= 11 is 7.69. The van der Waals surface area contributed by atoms with Gasteiger partial charge in [-0.25, -0.2) is 0 Å². The molecule has 172 valence electrons. The van der Waals surface area contributed by atoms with Crippen LogP contribution in [0.3, 0.4) is 0 Å². The van der Waals surface area contributed by atoms with Crippen LogP contribution in [-0.4, -0.2) is 35.6 Å². The van der Waals surface area contributed by atoms with Gasteiger partial charge in [-0.15, -0.1) is 11.8 Å². The fourth-order valence-corrected chi connectivity index (χ4v) is 4.51. The van der Waals surface area contributed by atoms with Gasteiger partial charge in [-0.2, -0.15) is 0 Å². The van der Waals surface area contributed by atoms with Gasteiger partial charge in [0.15, 0.2) is 0 Å². The van der Waals surface area contributed by atoms with Gasteiger partial charge in [0.05, 0.1) is 0 Å². The highest BCUT2D eigenvalue weighted by Crippen LogP contribution is 2.22. The highest BCUT2D eigenvalue weighted by Gasteiger charge is 2.29. The largest absolute Gasteiger partial charge is 0.357 e. The maximum Gasteiger partial charge on any atom is 0.242 e. The zero-order valence-corrected chi connectivity index (χ0v) is 20.5. The summed E-state index contributed by atoms with van der Waals surface area (Å²) in [5, 5.41) is 3.38. The SMILES string of the molecule is CNC(=O)C(Cc1ccccc1)N(Cc1ccc(Cl)cc1)C(=O)CCSc1ccc(C)cc1. The first-order valence-electron chi connectivity index (χ1n) is 10.9. The molecule has 3 rings (SSSR count). The lowest BCUT2D eigenvalue weighted by Gasteiger charge is -2.31. The van der Waals surface area contributed by atoms with Crippen molar-refractivity contribution in [1.29, 1.82) is 0 Å². The van der Waals surface area contributed by atoms with Crippen molar-refractivity contribution in [3.63, 3.8) is 0 Å². The van der Waals surface area contributed by atoms with Gasteiger partial charge in [0.25, 0.3) is 0 Å². The number of aryl methyl sites for hydroxylation is 1. The minimum absolute atomic E-state index is 0.0471. The number of benzene rings is 3. The van der Waals surface area contributed by atoms with Crippen LogP contribution in [0.4, 0.5) is 0 Å². The Labute approximate surface area is 205 Å². The summed E-state index contributed by atoms with van der Waals surface area (Å²) in [5.74, 6) is 0.423. The molecule has 0 aromatic heterocycles. The van der Waals surface area contributed by atoms with Crippen molar-refractivity contribution in [2.45, 2.75) is 37.2 Å². The van der Waals surface area contributed by atoms with Crippen molar-refractivity contribution in [2.75, 3.05) is 12.8 Å². The Balaban J connectivity index is 1.79. The fraction of sp³-hybridized carbons (Fsp3) is 0.259. The fourth-order valence-electron chi connectivity index (χ4n) is 3.54. The van der Waals surface area contributed by atoms with Gasteiger partial charge in [-0.05, 0) is 42.3 Å². The summed E-state index contributed by atoms with van der Waals surface area (Å²) in [6, 6.07) is 24.9. The molecule has 0 aliphatic heterocycles. The van der Waals surface area contributed by atoms with Crippen LogP contribution in [-0.2, 0) is 22.6 Å². The van der Waals surface area contributed by atoms with Crippen LogP contribution in [0.25, 0.3) is 0 Å². The molecule has 4 nitrogen and oxygen atoms in total. The van der Waals surface area contributed by atoms with Crippen LogP contribution in [0.15, 0.2) is 83.8 Å². The van der Waals surface area contributed by atoms with Crippen LogP contribution >= 0.6 is 23.4 Å². The van der Waals surface area contributed by atoms with E-state index in [1.807, 2.05) is 42.5 Å². The Morgan fingerprint density at radius 2 is 1.61 bits per heavy atom. The molecule has 3 aromatic carbocycles. The third-order valence-corrected chi connectivity index (χ3v) is 6.66. The van der Waals surface area contributed by atoms with Crippen molar-refractivity contribution in [3.8, 4) is 0 Å². The van der Waals surface area contributed by atoms with Gasteiger partial charge >= 0.3 is 0 Å². The van der Waals surface area contributed by atoms with Gasteiger partial charge in [0, 0.05) is 42.1 Å². The second-order valence-electron chi connectivity index (χ2n) is 7.88. The molecule has 0 aliphatic rings. The Hall–Kier alpha value is -2.76. The molecule has 0 saturated heterocycles. The molecule has 3 aromatic rings. The number of nitrogens with one attached hydrogen (secondary N) is 1. The first kappa shape index (κ1) is 24.9. The molecule has 0 bridgehead atoms. The van der Waals surface area contributed by atoms with Crippen molar-refractivity contribution in [3.05, 3.63) is 101 Å². The summed E-state index contributed by atoms with van der Waals surface area (Å²) in [5.41, 5.74) is 3.15. The van der Waals surface area contributed by atoms with Gasteiger partial charge in [-0.1, -0.05) is 71.8 Å². The number of hydrogen-bond acceptors (Lipinski definition) is 3. The predicted molar refractivity (Wildman–Crippen MR) is 137 cm³/mol. The minimum atomic E-state index is -0.607. The van der Waals surface area contributed by atoms with Crippen molar-refractivity contribution < 1.29 is 9.59 Å². The number of nitrogens with zero attached hydrogens (tertiary/aromatic N) is 1. The standard InChI is InChI=1S/C27H29ClN2O2S/c1-20-8-14-24(15-9-20)33-17-16-26(31)30(19-22-10-12-23(28)13-11-22)25(27(32)29-2)18-21-6-4-3-5-7-21/h3-15,25H,16-19H2,1-2H3,(H,29,32).